The normalized spacial score (nSPS) is 9.42. The Balaban J connectivity index is 0.000000861. The van der Waals surface area contributed by atoms with Gasteiger partial charge in [0.25, 0.3) is 5.69 Å². The number of benzene rings is 1. The lowest BCUT2D eigenvalue weighted by molar-refractivity contribution is -0.384. The summed E-state index contributed by atoms with van der Waals surface area (Å²) in [5.74, 6) is 0. The molecule has 19 heavy (non-hydrogen) atoms. The zero-order valence-electron chi connectivity index (χ0n) is 10.8. The number of nitro groups is 1. The summed E-state index contributed by atoms with van der Waals surface area (Å²) < 4.78 is 0. The molecular weight excluding hydrogens is 248 g/mol. The van der Waals surface area contributed by atoms with Crippen LogP contribution in [0.2, 0.25) is 0 Å². The lowest BCUT2D eigenvalue weighted by Gasteiger charge is -2.17. The minimum absolute atomic E-state index is 0.0963. The van der Waals surface area contributed by atoms with E-state index in [-0.39, 0.29) is 5.69 Å². The second-order valence-electron chi connectivity index (χ2n) is 3.71. The van der Waals surface area contributed by atoms with Crippen LogP contribution in [-0.4, -0.2) is 34.2 Å². The second kappa shape index (κ2) is 7.12. The summed E-state index contributed by atoms with van der Waals surface area (Å²) in [5.41, 5.74) is 1.85. The molecule has 0 amide bonds. The van der Waals surface area contributed by atoms with Gasteiger partial charge in [-0.05, 0) is 6.07 Å². The highest BCUT2D eigenvalue weighted by atomic mass is 16.6. The molecule has 0 fully saturated rings. The molecule has 7 heteroatoms. The molecule has 0 saturated heterocycles. The maximum Gasteiger partial charge on any atom is 0.271 e. The van der Waals surface area contributed by atoms with E-state index in [1.54, 1.807) is 24.7 Å². The molecule has 0 atom stereocenters. The van der Waals surface area contributed by atoms with Crippen molar-refractivity contribution in [2.45, 2.75) is 6.54 Å². The molecule has 0 aliphatic rings. The Hall–Kier alpha value is -2.41. The van der Waals surface area contributed by atoms with Gasteiger partial charge in [-0.3, -0.25) is 10.1 Å². The first kappa shape index (κ1) is 14.7. The molecule has 0 bridgehead atoms. The molecular formula is C12H16N4O3. The Morgan fingerprint density at radius 1 is 1.47 bits per heavy atom. The van der Waals surface area contributed by atoms with E-state index >= 15 is 0 Å². The molecule has 2 N–H and O–H groups in total. The molecule has 0 spiro atoms. The lowest BCUT2D eigenvalue weighted by Crippen LogP contribution is -2.16. The van der Waals surface area contributed by atoms with Crippen LogP contribution in [0.15, 0.2) is 36.8 Å². The maximum atomic E-state index is 10.7. The van der Waals surface area contributed by atoms with Gasteiger partial charge in [0.2, 0.25) is 0 Å². The molecule has 0 aliphatic heterocycles. The number of nitro benzene ring substituents is 1. The van der Waals surface area contributed by atoms with E-state index in [1.165, 1.54) is 6.07 Å². The molecule has 0 radical (unpaired) electrons. The van der Waals surface area contributed by atoms with Gasteiger partial charge in [-0.25, -0.2) is 4.98 Å². The van der Waals surface area contributed by atoms with E-state index in [1.807, 2.05) is 18.0 Å². The number of aliphatic hydroxyl groups excluding tert-OH is 1. The largest absolute Gasteiger partial charge is 0.400 e. The maximum absolute atomic E-state index is 10.7. The highest BCUT2D eigenvalue weighted by Gasteiger charge is 2.09. The van der Waals surface area contributed by atoms with Crippen molar-refractivity contribution in [1.29, 1.82) is 0 Å². The number of H-pyrrole nitrogens is 1. The highest BCUT2D eigenvalue weighted by Crippen LogP contribution is 2.20. The van der Waals surface area contributed by atoms with Crippen LogP contribution in [0.1, 0.15) is 5.69 Å². The number of hydrogen-bond acceptors (Lipinski definition) is 5. The average molecular weight is 264 g/mol. The molecule has 0 unspecified atom stereocenters. The molecule has 102 valence electrons. The number of nitrogens with zero attached hydrogens (tertiary/aromatic N) is 3. The van der Waals surface area contributed by atoms with Gasteiger partial charge >= 0.3 is 0 Å². The Kier molecular flexibility index (Phi) is 5.49. The summed E-state index contributed by atoms with van der Waals surface area (Å²) >= 11 is 0. The summed E-state index contributed by atoms with van der Waals surface area (Å²) in [6.45, 7) is 0.626. The Morgan fingerprint density at radius 2 is 2.21 bits per heavy atom. The van der Waals surface area contributed by atoms with Crippen molar-refractivity contribution < 1.29 is 10.0 Å². The van der Waals surface area contributed by atoms with Gasteiger partial charge in [0.1, 0.15) is 0 Å². The van der Waals surface area contributed by atoms with E-state index in [0.29, 0.717) is 6.54 Å². The first-order valence-corrected chi connectivity index (χ1v) is 5.54. The number of imidazole rings is 1. The van der Waals surface area contributed by atoms with E-state index in [4.69, 9.17) is 5.11 Å². The Labute approximate surface area is 110 Å². The minimum Gasteiger partial charge on any atom is -0.400 e. The monoisotopic (exact) mass is 264 g/mol. The van der Waals surface area contributed by atoms with Crippen molar-refractivity contribution in [3.8, 4) is 0 Å². The van der Waals surface area contributed by atoms with Crippen LogP contribution in [0.3, 0.4) is 0 Å². The number of hydrogen-bond donors (Lipinski definition) is 2. The molecule has 7 nitrogen and oxygen atoms in total. The van der Waals surface area contributed by atoms with Crippen LogP contribution in [0.25, 0.3) is 0 Å². The first-order valence-electron chi connectivity index (χ1n) is 5.54. The SMILES string of the molecule is CN(Cc1cnc[nH]1)c1cccc([N+](=O)[O-])c1.CO. The Morgan fingerprint density at radius 3 is 2.79 bits per heavy atom. The zero-order valence-corrected chi connectivity index (χ0v) is 10.8. The summed E-state index contributed by atoms with van der Waals surface area (Å²) in [5, 5.41) is 17.7. The van der Waals surface area contributed by atoms with Crippen LogP contribution in [0, 0.1) is 10.1 Å². The van der Waals surface area contributed by atoms with Crippen molar-refractivity contribution in [3.05, 3.63) is 52.6 Å². The van der Waals surface area contributed by atoms with Crippen LogP contribution < -0.4 is 4.90 Å². The van der Waals surface area contributed by atoms with Crippen LogP contribution in [0.5, 0.6) is 0 Å². The van der Waals surface area contributed by atoms with Crippen molar-refractivity contribution in [3.63, 3.8) is 0 Å². The minimum atomic E-state index is -0.395. The molecule has 1 heterocycles. The van der Waals surface area contributed by atoms with Crippen molar-refractivity contribution >= 4 is 11.4 Å². The third-order valence-corrected chi connectivity index (χ3v) is 2.44. The average Bonchev–Trinajstić information content (AvgIpc) is 2.94. The standard InChI is InChI=1S/C11H12N4O2.CH4O/c1-14(7-9-6-12-8-13-9)10-3-2-4-11(5-10)15(16)17;1-2/h2-6,8H,7H2,1H3,(H,12,13);2H,1H3. The van der Waals surface area contributed by atoms with Gasteiger partial charge in [0.05, 0.1) is 23.5 Å². The van der Waals surface area contributed by atoms with Crippen molar-refractivity contribution in [2.24, 2.45) is 0 Å². The summed E-state index contributed by atoms with van der Waals surface area (Å²) in [7, 11) is 2.87. The summed E-state index contributed by atoms with van der Waals surface area (Å²) in [6.07, 6.45) is 3.34. The second-order valence-corrected chi connectivity index (χ2v) is 3.71. The van der Waals surface area contributed by atoms with Gasteiger partial charge in [-0.15, -0.1) is 0 Å². The number of aromatic nitrogens is 2. The summed E-state index contributed by atoms with van der Waals surface area (Å²) in [6, 6.07) is 6.55. The molecule has 0 aliphatic carbocycles. The Bertz CT molecular complexity index is 513. The van der Waals surface area contributed by atoms with E-state index < -0.39 is 4.92 Å². The first-order chi connectivity index (χ1) is 9.16. The van der Waals surface area contributed by atoms with Gasteiger partial charge in [0.15, 0.2) is 0 Å². The molecule has 0 saturated carbocycles. The predicted octanol–water partition coefficient (Wildman–Crippen LogP) is 1.56. The molecule has 2 rings (SSSR count). The smallest absolute Gasteiger partial charge is 0.271 e. The number of aromatic amines is 1. The predicted molar refractivity (Wildman–Crippen MR) is 71.9 cm³/mol. The third-order valence-electron chi connectivity index (χ3n) is 2.44. The fraction of sp³-hybridized carbons (Fsp3) is 0.250. The summed E-state index contributed by atoms with van der Waals surface area (Å²) in [4.78, 5) is 19.1. The van der Waals surface area contributed by atoms with Crippen LogP contribution in [0.4, 0.5) is 11.4 Å². The number of anilines is 1. The number of aliphatic hydroxyl groups is 1. The van der Waals surface area contributed by atoms with Crippen molar-refractivity contribution in [1.82, 2.24) is 9.97 Å². The van der Waals surface area contributed by atoms with Crippen LogP contribution in [-0.2, 0) is 6.54 Å². The van der Waals surface area contributed by atoms with Crippen molar-refractivity contribution in [2.75, 3.05) is 19.1 Å². The number of nitrogens with one attached hydrogen (secondary N) is 1. The zero-order chi connectivity index (χ0) is 14.3. The molecule has 1 aromatic heterocycles. The van der Waals surface area contributed by atoms with Gasteiger partial charge in [0, 0.05) is 38.2 Å². The third kappa shape index (κ3) is 4.07. The fourth-order valence-corrected chi connectivity index (χ4v) is 1.56. The van der Waals surface area contributed by atoms with E-state index in [0.717, 1.165) is 18.5 Å². The number of non-ortho nitro benzene ring substituents is 1. The number of rotatable bonds is 4. The molecule has 1 aromatic carbocycles. The van der Waals surface area contributed by atoms with Crippen LogP contribution >= 0.6 is 0 Å². The lowest BCUT2D eigenvalue weighted by atomic mass is 10.2. The van der Waals surface area contributed by atoms with Gasteiger partial charge < -0.3 is 15.0 Å². The van der Waals surface area contributed by atoms with E-state index in [9.17, 15) is 10.1 Å². The van der Waals surface area contributed by atoms with Gasteiger partial charge in [-0.2, -0.15) is 0 Å². The fourth-order valence-electron chi connectivity index (χ4n) is 1.56. The molecule has 2 aromatic rings. The topological polar surface area (TPSA) is 95.3 Å². The highest BCUT2D eigenvalue weighted by molar-refractivity contribution is 5.52. The van der Waals surface area contributed by atoms with E-state index in [2.05, 4.69) is 9.97 Å². The van der Waals surface area contributed by atoms with Gasteiger partial charge in [-0.1, -0.05) is 6.07 Å². The quantitative estimate of drug-likeness (QED) is 0.645.